The Kier molecular flexibility index (Phi) is 4.49. The fraction of sp³-hybridized carbons (Fsp3) is 0.190. The monoisotopic (exact) mass is 376 g/mol. The van der Waals surface area contributed by atoms with Gasteiger partial charge in [0.15, 0.2) is 0 Å². The average Bonchev–Trinajstić information content (AvgIpc) is 3.25. The molecular weight excluding hydrogens is 356 g/mol. The summed E-state index contributed by atoms with van der Waals surface area (Å²) in [6.07, 6.45) is 1.78. The van der Waals surface area contributed by atoms with Gasteiger partial charge in [0.2, 0.25) is 0 Å². The maximum absolute atomic E-state index is 12.5. The highest BCUT2D eigenvalue weighted by molar-refractivity contribution is 7.21. The average molecular weight is 376 g/mol. The smallest absolute Gasteiger partial charge is 0.259 e. The van der Waals surface area contributed by atoms with Crippen LogP contribution in [-0.2, 0) is 6.54 Å². The van der Waals surface area contributed by atoms with E-state index < -0.39 is 0 Å². The molecular formula is C21H20N4OS. The number of aromatic nitrogens is 3. The normalized spacial score (nSPS) is 11.1. The van der Waals surface area contributed by atoms with Crippen molar-refractivity contribution in [2.24, 2.45) is 0 Å². The minimum Gasteiger partial charge on any atom is -0.322 e. The third kappa shape index (κ3) is 3.48. The molecule has 0 aliphatic rings. The Morgan fingerprint density at radius 3 is 2.63 bits per heavy atom. The van der Waals surface area contributed by atoms with Crippen LogP contribution < -0.4 is 5.32 Å². The van der Waals surface area contributed by atoms with Gasteiger partial charge in [-0.1, -0.05) is 6.07 Å². The molecule has 2 aromatic carbocycles. The first-order valence-corrected chi connectivity index (χ1v) is 9.68. The van der Waals surface area contributed by atoms with Crippen LogP contribution in [0.5, 0.6) is 0 Å². The molecule has 0 aliphatic carbocycles. The van der Waals surface area contributed by atoms with Gasteiger partial charge in [0.1, 0.15) is 5.01 Å². The van der Waals surface area contributed by atoms with E-state index in [2.05, 4.69) is 35.5 Å². The van der Waals surface area contributed by atoms with E-state index in [1.165, 1.54) is 10.3 Å². The van der Waals surface area contributed by atoms with Gasteiger partial charge in [-0.3, -0.25) is 9.48 Å². The number of carbonyl (C=O) groups is 1. The molecule has 0 spiro atoms. The van der Waals surface area contributed by atoms with E-state index in [0.717, 1.165) is 34.0 Å². The second kappa shape index (κ2) is 6.96. The summed E-state index contributed by atoms with van der Waals surface area (Å²) < 4.78 is 2.95. The highest BCUT2D eigenvalue weighted by Gasteiger charge is 2.13. The van der Waals surface area contributed by atoms with E-state index in [0.29, 0.717) is 5.56 Å². The van der Waals surface area contributed by atoms with Crippen molar-refractivity contribution in [3.8, 4) is 10.6 Å². The third-order valence-corrected chi connectivity index (χ3v) is 5.52. The fourth-order valence-corrected chi connectivity index (χ4v) is 4.02. The van der Waals surface area contributed by atoms with Crippen LogP contribution in [0.2, 0.25) is 0 Å². The van der Waals surface area contributed by atoms with Gasteiger partial charge in [-0.25, -0.2) is 4.98 Å². The van der Waals surface area contributed by atoms with Crippen molar-refractivity contribution in [2.45, 2.75) is 27.3 Å². The van der Waals surface area contributed by atoms with Crippen LogP contribution in [0.25, 0.3) is 20.8 Å². The van der Waals surface area contributed by atoms with E-state index >= 15 is 0 Å². The number of hydrogen-bond donors (Lipinski definition) is 1. The molecule has 2 heterocycles. The molecule has 27 heavy (non-hydrogen) atoms. The molecule has 1 N–H and O–H groups in total. The van der Waals surface area contributed by atoms with Crippen molar-refractivity contribution in [2.75, 3.05) is 5.32 Å². The molecule has 0 aliphatic heterocycles. The molecule has 4 rings (SSSR count). The SMILES string of the molecule is CCn1cc(C(=O)Nc2ccc(-c3nc4ccc(C)cc4s3)cc2)c(C)n1. The van der Waals surface area contributed by atoms with Crippen LogP contribution in [0.4, 0.5) is 5.69 Å². The maximum Gasteiger partial charge on any atom is 0.259 e. The van der Waals surface area contributed by atoms with E-state index in [-0.39, 0.29) is 5.91 Å². The topological polar surface area (TPSA) is 59.8 Å². The number of carbonyl (C=O) groups excluding carboxylic acids is 1. The number of amides is 1. The van der Waals surface area contributed by atoms with Crippen molar-refractivity contribution < 1.29 is 4.79 Å². The number of fused-ring (bicyclic) bond motifs is 1. The summed E-state index contributed by atoms with van der Waals surface area (Å²) in [7, 11) is 0. The standard InChI is InChI=1S/C21H20N4OS/c1-4-25-12-17(14(3)24-25)20(26)22-16-8-6-15(7-9-16)21-23-18-10-5-13(2)11-19(18)27-21/h5-12H,4H2,1-3H3,(H,22,26). The van der Waals surface area contributed by atoms with Crippen LogP contribution in [0.1, 0.15) is 28.5 Å². The number of benzene rings is 2. The second-order valence-corrected chi connectivity index (χ2v) is 7.54. The molecule has 0 radical (unpaired) electrons. The summed E-state index contributed by atoms with van der Waals surface area (Å²) in [5.41, 5.74) is 5.38. The first-order chi connectivity index (χ1) is 13.0. The van der Waals surface area contributed by atoms with E-state index in [9.17, 15) is 4.79 Å². The lowest BCUT2D eigenvalue weighted by Crippen LogP contribution is -2.12. The van der Waals surface area contributed by atoms with Crippen molar-refractivity contribution in [3.63, 3.8) is 0 Å². The predicted molar refractivity (Wildman–Crippen MR) is 110 cm³/mol. The van der Waals surface area contributed by atoms with Crippen LogP contribution in [0.3, 0.4) is 0 Å². The van der Waals surface area contributed by atoms with Gasteiger partial charge in [-0.05, 0) is 62.7 Å². The van der Waals surface area contributed by atoms with Gasteiger partial charge in [0, 0.05) is 24.0 Å². The fourth-order valence-electron chi connectivity index (χ4n) is 2.95. The number of aryl methyl sites for hydroxylation is 3. The minimum absolute atomic E-state index is 0.143. The number of nitrogens with one attached hydrogen (secondary N) is 1. The van der Waals surface area contributed by atoms with Crippen molar-refractivity contribution in [1.82, 2.24) is 14.8 Å². The molecule has 0 unspecified atom stereocenters. The lowest BCUT2D eigenvalue weighted by Gasteiger charge is -2.05. The van der Waals surface area contributed by atoms with Gasteiger partial charge >= 0.3 is 0 Å². The second-order valence-electron chi connectivity index (χ2n) is 6.51. The molecule has 136 valence electrons. The van der Waals surface area contributed by atoms with E-state index in [4.69, 9.17) is 4.98 Å². The summed E-state index contributed by atoms with van der Waals surface area (Å²) >= 11 is 1.68. The van der Waals surface area contributed by atoms with Gasteiger partial charge in [0.25, 0.3) is 5.91 Å². The number of nitrogens with zero attached hydrogens (tertiary/aromatic N) is 3. The number of rotatable bonds is 4. The van der Waals surface area contributed by atoms with Crippen LogP contribution in [-0.4, -0.2) is 20.7 Å². The zero-order chi connectivity index (χ0) is 19.0. The quantitative estimate of drug-likeness (QED) is 0.542. The molecule has 0 fully saturated rings. The first kappa shape index (κ1) is 17.4. The van der Waals surface area contributed by atoms with Gasteiger partial charge in [0.05, 0.1) is 21.5 Å². The molecule has 0 atom stereocenters. The molecule has 2 aromatic heterocycles. The summed E-state index contributed by atoms with van der Waals surface area (Å²) in [4.78, 5) is 17.2. The van der Waals surface area contributed by atoms with Gasteiger partial charge in [-0.2, -0.15) is 5.10 Å². The Morgan fingerprint density at radius 1 is 1.15 bits per heavy atom. The molecule has 0 saturated heterocycles. The molecule has 1 amide bonds. The molecule has 0 saturated carbocycles. The van der Waals surface area contributed by atoms with Crippen LogP contribution in [0, 0.1) is 13.8 Å². The zero-order valence-electron chi connectivity index (χ0n) is 15.5. The Bertz CT molecular complexity index is 1130. The molecule has 4 aromatic rings. The number of hydrogen-bond acceptors (Lipinski definition) is 4. The Morgan fingerprint density at radius 2 is 1.93 bits per heavy atom. The highest BCUT2D eigenvalue weighted by Crippen LogP contribution is 2.31. The summed E-state index contributed by atoms with van der Waals surface area (Å²) in [5, 5.41) is 8.24. The summed E-state index contributed by atoms with van der Waals surface area (Å²) in [5.74, 6) is -0.143. The Hall–Kier alpha value is -2.99. The number of anilines is 1. The van der Waals surface area contributed by atoms with Crippen molar-refractivity contribution in [1.29, 1.82) is 0 Å². The molecule has 5 nitrogen and oxygen atoms in total. The highest BCUT2D eigenvalue weighted by atomic mass is 32.1. The van der Waals surface area contributed by atoms with Crippen LogP contribution in [0.15, 0.2) is 48.7 Å². The van der Waals surface area contributed by atoms with E-state index in [1.54, 1.807) is 22.2 Å². The lowest BCUT2D eigenvalue weighted by molar-refractivity contribution is 0.102. The van der Waals surface area contributed by atoms with E-state index in [1.807, 2.05) is 38.1 Å². The third-order valence-electron chi connectivity index (χ3n) is 4.45. The molecule has 6 heteroatoms. The maximum atomic E-state index is 12.5. The largest absolute Gasteiger partial charge is 0.322 e. The first-order valence-electron chi connectivity index (χ1n) is 8.86. The summed E-state index contributed by atoms with van der Waals surface area (Å²) in [6, 6.07) is 14.1. The Balaban J connectivity index is 1.54. The predicted octanol–water partition coefficient (Wildman–Crippen LogP) is 5.05. The number of thiazole rings is 1. The van der Waals surface area contributed by atoms with Crippen molar-refractivity contribution in [3.05, 3.63) is 65.5 Å². The van der Waals surface area contributed by atoms with Gasteiger partial charge < -0.3 is 5.32 Å². The van der Waals surface area contributed by atoms with Gasteiger partial charge in [-0.15, -0.1) is 11.3 Å². The van der Waals surface area contributed by atoms with Crippen molar-refractivity contribution >= 4 is 33.1 Å². The molecule has 0 bridgehead atoms. The summed E-state index contributed by atoms with van der Waals surface area (Å²) in [6.45, 7) is 6.67. The Labute approximate surface area is 161 Å². The minimum atomic E-state index is -0.143. The van der Waals surface area contributed by atoms with Crippen LogP contribution >= 0.6 is 11.3 Å². The lowest BCUT2D eigenvalue weighted by atomic mass is 10.2. The zero-order valence-corrected chi connectivity index (χ0v) is 16.3.